The van der Waals surface area contributed by atoms with E-state index in [4.69, 9.17) is 16.3 Å². The summed E-state index contributed by atoms with van der Waals surface area (Å²) < 4.78 is 19.4. The van der Waals surface area contributed by atoms with E-state index < -0.39 is 17.7 Å². The average Bonchev–Trinajstić information content (AvgIpc) is 2.98. The van der Waals surface area contributed by atoms with Gasteiger partial charge in [0.2, 0.25) is 0 Å². The van der Waals surface area contributed by atoms with Gasteiger partial charge in [-0.1, -0.05) is 60.1 Å². The number of halogens is 2. The second-order valence-corrected chi connectivity index (χ2v) is 9.39. The topological polar surface area (TPSA) is 97.2 Å². The van der Waals surface area contributed by atoms with Crippen LogP contribution >= 0.6 is 11.6 Å². The van der Waals surface area contributed by atoms with Gasteiger partial charge in [-0.25, -0.2) is 14.4 Å². The number of carbonyl (C=O) groups is 1. The first-order chi connectivity index (χ1) is 19.4. The minimum atomic E-state index is -0.963. The Kier molecular flexibility index (Phi) is 8.27. The Balaban J connectivity index is 1.31. The summed E-state index contributed by atoms with van der Waals surface area (Å²) >= 11 is 5.93. The molecule has 200 valence electrons. The van der Waals surface area contributed by atoms with Crippen molar-refractivity contribution >= 4 is 23.4 Å². The fourth-order valence-corrected chi connectivity index (χ4v) is 4.37. The van der Waals surface area contributed by atoms with Crippen LogP contribution in [0.15, 0.2) is 103 Å². The number of benzene rings is 3. The summed E-state index contributed by atoms with van der Waals surface area (Å²) in [6, 6.07) is 26.8. The summed E-state index contributed by atoms with van der Waals surface area (Å²) in [6.45, 7) is 0.604. The van der Waals surface area contributed by atoms with Crippen molar-refractivity contribution in [1.82, 2.24) is 15.0 Å². The molecule has 0 spiro atoms. The number of aliphatic carboxylic acids is 1. The molecule has 0 fully saturated rings. The van der Waals surface area contributed by atoms with Crippen molar-refractivity contribution < 1.29 is 19.0 Å². The molecule has 0 aliphatic rings. The molecule has 0 bridgehead atoms. The van der Waals surface area contributed by atoms with Crippen molar-refractivity contribution in [1.29, 1.82) is 0 Å². The van der Waals surface area contributed by atoms with Crippen LogP contribution in [0.4, 0.5) is 10.2 Å². The van der Waals surface area contributed by atoms with Crippen molar-refractivity contribution in [3.8, 4) is 22.9 Å². The minimum Gasteiger partial charge on any atom is -0.481 e. The second kappa shape index (κ2) is 12.4. The van der Waals surface area contributed by atoms with Gasteiger partial charge in [-0.2, -0.15) is 4.98 Å². The molecular weight excluding hydrogens is 531 g/mol. The zero-order valence-electron chi connectivity index (χ0n) is 21.2. The Hall–Kier alpha value is -4.82. The minimum absolute atomic E-state index is 0.0367. The van der Waals surface area contributed by atoms with Crippen molar-refractivity contribution in [3.63, 3.8) is 0 Å². The summed E-state index contributed by atoms with van der Waals surface area (Å²) in [4.78, 5) is 24.7. The summed E-state index contributed by atoms with van der Waals surface area (Å²) in [5.41, 5.74) is 3.89. The molecule has 7 nitrogen and oxygen atoms in total. The number of ether oxygens (including phenoxy) is 1. The predicted molar refractivity (Wildman–Crippen MR) is 151 cm³/mol. The van der Waals surface area contributed by atoms with Crippen molar-refractivity contribution in [2.45, 2.75) is 18.9 Å². The first-order valence-corrected chi connectivity index (χ1v) is 12.8. The van der Waals surface area contributed by atoms with Crippen molar-refractivity contribution in [3.05, 3.63) is 131 Å². The van der Waals surface area contributed by atoms with Crippen LogP contribution in [0.3, 0.4) is 0 Å². The van der Waals surface area contributed by atoms with E-state index in [0.717, 1.165) is 28.1 Å². The van der Waals surface area contributed by atoms with E-state index in [1.165, 1.54) is 6.07 Å². The lowest BCUT2D eigenvalue weighted by Crippen LogP contribution is -2.10. The lowest BCUT2D eigenvalue weighted by atomic mass is 9.91. The van der Waals surface area contributed by atoms with Gasteiger partial charge in [-0.3, -0.25) is 4.79 Å². The van der Waals surface area contributed by atoms with Crippen LogP contribution in [0.25, 0.3) is 11.1 Å². The van der Waals surface area contributed by atoms with Gasteiger partial charge >= 0.3 is 12.0 Å². The number of pyridine rings is 1. The molecule has 1 unspecified atom stereocenters. The second-order valence-electron chi connectivity index (χ2n) is 8.98. The standard InChI is InChI=1S/C31H24ClFN4O3/c32-26-17-23(10-13-27(26)33)21-6-8-22(9-7-21)25(18-30(38)39)28-14-16-35-31(37-28)40-24-11-4-20(5-12-24)19-36-29-3-1-2-15-34-29/h1-17,25H,18-19H2,(H,34,36)(H,38,39). The largest absolute Gasteiger partial charge is 0.481 e. The molecule has 5 aromatic rings. The van der Waals surface area contributed by atoms with E-state index in [1.807, 2.05) is 66.7 Å². The monoisotopic (exact) mass is 554 g/mol. The number of rotatable bonds is 10. The fraction of sp³-hybridized carbons (Fsp3) is 0.0968. The summed E-state index contributed by atoms with van der Waals surface area (Å²) in [5, 5.41) is 12.9. The van der Waals surface area contributed by atoms with Gasteiger partial charge in [0.15, 0.2) is 0 Å². The third-order valence-electron chi connectivity index (χ3n) is 6.23. The van der Waals surface area contributed by atoms with Gasteiger partial charge in [-0.05, 0) is 64.7 Å². The molecule has 2 aromatic heterocycles. The lowest BCUT2D eigenvalue weighted by Gasteiger charge is -2.16. The molecule has 0 saturated heterocycles. The summed E-state index contributed by atoms with van der Waals surface area (Å²) in [7, 11) is 0. The van der Waals surface area contributed by atoms with Crippen LogP contribution in [-0.2, 0) is 11.3 Å². The van der Waals surface area contributed by atoms with E-state index in [2.05, 4.69) is 20.3 Å². The number of carboxylic acid groups (broad SMARTS) is 1. The highest BCUT2D eigenvalue weighted by atomic mass is 35.5. The van der Waals surface area contributed by atoms with Crippen LogP contribution in [-0.4, -0.2) is 26.0 Å². The molecule has 0 aliphatic carbocycles. The van der Waals surface area contributed by atoms with Gasteiger partial charge in [0, 0.05) is 24.9 Å². The Labute approximate surface area is 235 Å². The maximum atomic E-state index is 13.6. The maximum absolute atomic E-state index is 13.6. The van der Waals surface area contributed by atoms with Gasteiger partial charge < -0.3 is 15.2 Å². The third kappa shape index (κ3) is 6.78. The van der Waals surface area contributed by atoms with Gasteiger partial charge in [-0.15, -0.1) is 0 Å². The highest BCUT2D eigenvalue weighted by Crippen LogP contribution is 2.31. The molecule has 9 heteroatoms. The van der Waals surface area contributed by atoms with Crippen LogP contribution in [0.5, 0.6) is 11.8 Å². The molecule has 0 aliphatic heterocycles. The molecule has 2 heterocycles. The van der Waals surface area contributed by atoms with Crippen LogP contribution < -0.4 is 10.1 Å². The number of hydrogen-bond donors (Lipinski definition) is 2. The molecule has 0 saturated carbocycles. The number of aromatic nitrogens is 3. The molecule has 1 atom stereocenters. The van der Waals surface area contributed by atoms with Crippen molar-refractivity contribution in [2.75, 3.05) is 5.32 Å². The van der Waals surface area contributed by atoms with Crippen molar-refractivity contribution in [2.24, 2.45) is 0 Å². The predicted octanol–water partition coefficient (Wildman–Crippen LogP) is 7.34. The number of hydrogen-bond acceptors (Lipinski definition) is 6. The average molecular weight is 555 g/mol. The summed E-state index contributed by atoms with van der Waals surface area (Å²) in [6.07, 6.45) is 3.11. The molecule has 40 heavy (non-hydrogen) atoms. The Morgan fingerprint density at radius 3 is 2.40 bits per heavy atom. The van der Waals surface area contributed by atoms with E-state index in [-0.39, 0.29) is 17.5 Å². The highest BCUT2D eigenvalue weighted by molar-refractivity contribution is 6.31. The fourth-order valence-electron chi connectivity index (χ4n) is 4.19. The SMILES string of the molecule is O=C(O)CC(c1ccc(-c2ccc(F)c(Cl)c2)cc1)c1ccnc(Oc2ccc(CNc3ccccn3)cc2)n1. The molecule has 0 radical (unpaired) electrons. The molecule has 5 rings (SSSR count). The quantitative estimate of drug-likeness (QED) is 0.186. The van der Waals surface area contributed by atoms with E-state index in [0.29, 0.717) is 18.0 Å². The number of carboxylic acids is 1. The first kappa shape index (κ1) is 26.8. The van der Waals surface area contributed by atoms with Crippen LogP contribution in [0.1, 0.15) is 29.2 Å². The molecule has 3 aromatic carbocycles. The Morgan fingerprint density at radius 1 is 0.925 bits per heavy atom. The highest BCUT2D eigenvalue weighted by Gasteiger charge is 2.21. The zero-order chi connectivity index (χ0) is 27.9. The maximum Gasteiger partial charge on any atom is 0.322 e. The number of nitrogens with zero attached hydrogens (tertiary/aromatic N) is 3. The Bertz CT molecular complexity index is 1600. The zero-order valence-corrected chi connectivity index (χ0v) is 21.9. The van der Waals surface area contributed by atoms with Gasteiger partial charge in [0.1, 0.15) is 17.4 Å². The van der Waals surface area contributed by atoms with Gasteiger partial charge in [0.05, 0.1) is 17.1 Å². The smallest absolute Gasteiger partial charge is 0.322 e. The number of nitrogens with one attached hydrogen (secondary N) is 1. The molecule has 0 amide bonds. The molecule has 2 N–H and O–H groups in total. The first-order valence-electron chi connectivity index (χ1n) is 12.5. The molecular formula is C31H24ClFN4O3. The lowest BCUT2D eigenvalue weighted by molar-refractivity contribution is -0.137. The van der Waals surface area contributed by atoms with E-state index >= 15 is 0 Å². The Morgan fingerprint density at radius 2 is 1.70 bits per heavy atom. The number of anilines is 1. The van der Waals surface area contributed by atoms with Crippen LogP contribution in [0.2, 0.25) is 5.02 Å². The van der Waals surface area contributed by atoms with Gasteiger partial charge in [0.25, 0.3) is 0 Å². The summed E-state index contributed by atoms with van der Waals surface area (Å²) in [5.74, 6) is -0.641. The third-order valence-corrected chi connectivity index (χ3v) is 6.52. The van der Waals surface area contributed by atoms with E-state index in [9.17, 15) is 14.3 Å². The van der Waals surface area contributed by atoms with Crippen LogP contribution in [0, 0.1) is 5.82 Å². The normalized spacial score (nSPS) is 11.6. The van der Waals surface area contributed by atoms with E-state index in [1.54, 1.807) is 30.6 Å².